The van der Waals surface area contributed by atoms with Crippen LogP contribution in [0.1, 0.15) is 12.8 Å². The third kappa shape index (κ3) is 2.20. The minimum atomic E-state index is -0.509. The molecule has 98 valence electrons. The lowest BCUT2D eigenvalue weighted by atomic mass is 10.2. The van der Waals surface area contributed by atoms with E-state index in [-0.39, 0.29) is 17.8 Å². The molecular formula is C11H16FN5O. The first-order chi connectivity index (χ1) is 8.67. The van der Waals surface area contributed by atoms with Crippen LogP contribution in [0, 0.1) is 5.82 Å². The van der Waals surface area contributed by atoms with Crippen LogP contribution in [0.3, 0.4) is 0 Å². The molecule has 1 aromatic rings. The van der Waals surface area contributed by atoms with E-state index in [4.69, 9.17) is 0 Å². The van der Waals surface area contributed by atoms with Gasteiger partial charge in [-0.2, -0.15) is 4.98 Å². The molecule has 1 amide bonds. The first-order valence-electron chi connectivity index (χ1n) is 5.86. The van der Waals surface area contributed by atoms with Crippen molar-refractivity contribution in [2.24, 2.45) is 0 Å². The molecule has 1 fully saturated rings. The molecule has 0 spiro atoms. The van der Waals surface area contributed by atoms with Gasteiger partial charge in [0.1, 0.15) is 6.04 Å². The maximum absolute atomic E-state index is 13.8. The zero-order valence-corrected chi connectivity index (χ0v) is 10.4. The Morgan fingerprint density at radius 1 is 1.56 bits per heavy atom. The van der Waals surface area contributed by atoms with Gasteiger partial charge in [-0.05, 0) is 12.8 Å². The number of hydrogen-bond donors (Lipinski definition) is 2. The summed E-state index contributed by atoms with van der Waals surface area (Å²) in [5.41, 5.74) is 0. The number of rotatable bonds is 3. The minimum absolute atomic E-state index is 0.114. The highest BCUT2D eigenvalue weighted by atomic mass is 19.1. The molecule has 7 heteroatoms. The van der Waals surface area contributed by atoms with Gasteiger partial charge < -0.3 is 15.5 Å². The zero-order valence-electron chi connectivity index (χ0n) is 10.4. The summed E-state index contributed by atoms with van der Waals surface area (Å²) in [6, 6.07) is -0.357. The molecule has 1 aromatic heterocycles. The number of amides is 1. The van der Waals surface area contributed by atoms with Gasteiger partial charge in [0.2, 0.25) is 11.9 Å². The largest absolute Gasteiger partial charge is 0.357 e. The van der Waals surface area contributed by atoms with E-state index in [0.717, 1.165) is 12.6 Å². The van der Waals surface area contributed by atoms with Gasteiger partial charge >= 0.3 is 0 Å². The Hall–Kier alpha value is -1.92. The van der Waals surface area contributed by atoms with E-state index < -0.39 is 5.82 Å². The standard InChI is InChI=1S/C11H16FN5O/c1-13-10(18)8-4-3-5-17(8)9-7(12)6-15-11(14-2)16-9/h6,8H,3-5H2,1-2H3,(H,13,18)(H,14,15,16). The van der Waals surface area contributed by atoms with Gasteiger partial charge in [-0.3, -0.25) is 4.79 Å². The summed E-state index contributed by atoms with van der Waals surface area (Å²) in [5, 5.41) is 5.35. The molecule has 2 N–H and O–H groups in total. The summed E-state index contributed by atoms with van der Waals surface area (Å²) in [6.45, 7) is 0.620. The lowest BCUT2D eigenvalue weighted by molar-refractivity contribution is -0.121. The molecule has 0 aromatic carbocycles. The Morgan fingerprint density at radius 2 is 2.33 bits per heavy atom. The van der Waals surface area contributed by atoms with Gasteiger partial charge in [-0.25, -0.2) is 9.37 Å². The second kappa shape index (κ2) is 5.16. The Balaban J connectivity index is 2.32. The lowest BCUT2D eigenvalue weighted by Crippen LogP contribution is -2.42. The highest BCUT2D eigenvalue weighted by Gasteiger charge is 2.32. The van der Waals surface area contributed by atoms with Crippen molar-refractivity contribution in [3.05, 3.63) is 12.0 Å². The second-order valence-corrected chi connectivity index (χ2v) is 4.08. The van der Waals surface area contributed by atoms with Crippen molar-refractivity contribution in [2.45, 2.75) is 18.9 Å². The van der Waals surface area contributed by atoms with E-state index in [1.807, 2.05) is 0 Å². The summed E-state index contributed by atoms with van der Waals surface area (Å²) < 4.78 is 13.8. The molecule has 0 aliphatic carbocycles. The molecule has 1 aliphatic heterocycles. The minimum Gasteiger partial charge on any atom is -0.357 e. The van der Waals surface area contributed by atoms with Crippen molar-refractivity contribution in [1.82, 2.24) is 15.3 Å². The van der Waals surface area contributed by atoms with Gasteiger partial charge in [-0.1, -0.05) is 0 Å². The predicted molar refractivity (Wildman–Crippen MR) is 66.0 cm³/mol. The topological polar surface area (TPSA) is 70.2 Å². The number of nitrogens with one attached hydrogen (secondary N) is 2. The zero-order chi connectivity index (χ0) is 13.1. The van der Waals surface area contributed by atoms with Gasteiger partial charge in [0.15, 0.2) is 11.6 Å². The van der Waals surface area contributed by atoms with Crippen molar-refractivity contribution in [2.75, 3.05) is 30.9 Å². The van der Waals surface area contributed by atoms with E-state index in [1.165, 1.54) is 0 Å². The average molecular weight is 253 g/mol. The molecule has 1 unspecified atom stereocenters. The highest BCUT2D eigenvalue weighted by Crippen LogP contribution is 2.26. The van der Waals surface area contributed by atoms with Crippen LogP contribution in [0.25, 0.3) is 0 Å². The Bertz CT molecular complexity index is 453. The van der Waals surface area contributed by atoms with Gasteiger partial charge in [-0.15, -0.1) is 0 Å². The van der Waals surface area contributed by atoms with Crippen LogP contribution in [0.4, 0.5) is 16.2 Å². The maximum Gasteiger partial charge on any atom is 0.242 e. The molecule has 2 rings (SSSR count). The van der Waals surface area contributed by atoms with Crippen molar-refractivity contribution in [3.8, 4) is 0 Å². The fourth-order valence-corrected chi connectivity index (χ4v) is 2.14. The summed E-state index contributed by atoms with van der Waals surface area (Å²) in [5.74, 6) is -0.101. The second-order valence-electron chi connectivity index (χ2n) is 4.08. The van der Waals surface area contributed by atoms with Crippen LogP contribution in [-0.4, -0.2) is 42.6 Å². The molecule has 0 bridgehead atoms. The van der Waals surface area contributed by atoms with E-state index >= 15 is 0 Å². The summed E-state index contributed by atoms with van der Waals surface area (Å²) in [7, 11) is 3.24. The lowest BCUT2D eigenvalue weighted by Gasteiger charge is -2.24. The summed E-state index contributed by atoms with van der Waals surface area (Å²) in [6.07, 6.45) is 2.67. The van der Waals surface area contributed by atoms with Crippen molar-refractivity contribution in [1.29, 1.82) is 0 Å². The Kier molecular flexibility index (Phi) is 3.59. The third-order valence-corrected chi connectivity index (χ3v) is 3.02. The summed E-state index contributed by atoms with van der Waals surface area (Å²) >= 11 is 0. The first kappa shape index (κ1) is 12.5. The number of nitrogens with zero attached hydrogens (tertiary/aromatic N) is 3. The van der Waals surface area contributed by atoms with Crippen LogP contribution in [0.5, 0.6) is 0 Å². The van der Waals surface area contributed by atoms with Gasteiger partial charge in [0.05, 0.1) is 6.20 Å². The average Bonchev–Trinajstić information content (AvgIpc) is 2.87. The Labute approximate surface area is 105 Å². The van der Waals surface area contributed by atoms with Gasteiger partial charge in [0.25, 0.3) is 0 Å². The third-order valence-electron chi connectivity index (χ3n) is 3.02. The SMILES string of the molecule is CNC(=O)C1CCCN1c1nc(NC)ncc1F. The highest BCUT2D eigenvalue weighted by molar-refractivity contribution is 5.85. The fourth-order valence-electron chi connectivity index (χ4n) is 2.14. The number of carbonyl (C=O) groups is 1. The van der Waals surface area contributed by atoms with Crippen molar-refractivity contribution in [3.63, 3.8) is 0 Å². The predicted octanol–water partition coefficient (Wildman–Crippen LogP) is 0.372. The molecule has 0 radical (unpaired) electrons. The number of aromatic nitrogens is 2. The molecule has 1 aliphatic rings. The summed E-state index contributed by atoms with van der Waals surface area (Å²) in [4.78, 5) is 21.3. The van der Waals surface area contributed by atoms with Crippen LogP contribution in [0.15, 0.2) is 6.20 Å². The van der Waals surface area contributed by atoms with E-state index in [2.05, 4.69) is 20.6 Å². The van der Waals surface area contributed by atoms with E-state index in [0.29, 0.717) is 18.9 Å². The maximum atomic E-state index is 13.8. The smallest absolute Gasteiger partial charge is 0.242 e. The van der Waals surface area contributed by atoms with Gasteiger partial charge in [0, 0.05) is 20.6 Å². The van der Waals surface area contributed by atoms with E-state index in [1.54, 1.807) is 19.0 Å². The number of hydrogen-bond acceptors (Lipinski definition) is 5. The monoisotopic (exact) mass is 253 g/mol. The fraction of sp³-hybridized carbons (Fsp3) is 0.545. The molecular weight excluding hydrogens is 237 g/mol. The van der Waals surface area contributed by atoms with Crippen LogP contribution in [0.2, 0.25) is 0 Å². The molecule has 0 saturated carbocycles. The molecule has 2 heterocycles. The number of likely N-dealkylation sites (N-methyl/N-ethyl adjacent to an activating group) is 1. The number of halogens is 1. The normalized spacial score (nSPS) is 18.8. The van der Waals surface area contributed by atoms with Crippen molar-refractivity contribution < 1.29 is 9.18 Å². The van der Waals surface area contributed by atoms with Crippen LogP contribution in [-0.2, 0) is 4.79 Å². The van der Waals surface area contributed by atoms with Crippen LogP contribution >= 0.6 is 0 Å². The number of anilines is 2. The molecule has 18 heavy (non-hydrogen) atoms. The first-order valence-corrected chi connectivity index (χ1v) is 5.86. The molecule has 1 atom stereocenters. The molecule has 1 saturated heterocycles. The van der Waals surface area contributed by atoms with E-state index in [9.17, 15) is 9.18 Å². The van der Waals surface area contributed by atoms with Crippen molar-refractivity contribution >= 4 is 17.7 Å². The Morgan fingerprint density at radius 3 is 3.00 bits per heavy atom. The quantitative estimate of drug-likeness (QED) is 0.814. The number of carbonyl (C=O) groups excluding carboxylic acids is 1. The molecule has 6 nitrogen and oxygen atoms in total. The van der Waals surface area contributed by atoms with Crippen LogP contribution < -0.4 is 15.5 Å².